The van der Waals surface area contributed by atoms with Crippen LogP contribution in [-0.4, -0.2) is 72.3 Å². The molecule has 50 heavy (non-hydrogen) atoms. The summed E-state index contributed by atoms with van der Waals surface area (Å²) in [4.78, 5) is 21.8. The average Bonchev–Trinajstić information content (AvgIpc) is 3.58. The van der Waals surface area contributed by atoms with E-state index < -0.39 is 21.7 Å². The minimum absolute atomic E-state index is 0.0612. The molecule has 1 aliphatic heterocycles. The molecule has 258 valence electrons. The number of sulfonamides is 1. The summed E-state index contributed by atoms with van der Waals surface area (Å²) in [6.07, 6.45) is 3.29. The van der Waals surface area contributed by atoms with E-state index >= 15 is 0 Å². The Kier molecular flexibility index (Phi) is 9.19. The molecule has 0 atom stereocenters. The molecule has 10 nitrogen and oxygen atoms in total. The molecule has 0 spiro atoms. The maximum atomic E-state index is 14.7. The van der Waals surface area contributed by atoms with Crippen LogP contribution in [0.2, 0.25) is 5.02 Å². The van der Waals surface area contributed by atoms with E-state index in [1.807, 2.05) is 12.1 Å². The molecule has 1 fully saturated rings. The zero-order chi connectivity index (χ0) is 35.0. The van der Waals surface area contributed by atoms with Gasteiger partial charge >= 0.3 is 0 Å². The second-order valence-electron chi connectivity index (χ2n) is 13.7. The summed E-state index contributed by atoms with van der Waals surface area (Å²) < 4.78 is 43.1. The zero-order valence-corrected chi connectivity index (χ0v) is 29.4. The van der Waals surface area contributed by atoms with Crippen molar-refractivity contribution in [2.75, 3.05) is 37.6 Å². The fourth-order valence-corrected chi connectivity index (χ4v) is 7.81. The molecule has 13 heteroatoms. The number of aromatic nitrogens is 4. The van der Waals surface area contributed by atoms with Gasteiger partial charge in [0.15, 0.2) is 0 Å². The van der Waals surface area contributed by atoms with Gasteiger partial charge in [-0.1, -0.05) is 49.2 Å². The fraction of sp³-hybridized carbons (Fsp3) is 0.297. The van der Waals surface area contributed by atoms with E-state index in [-0.39, 0.29) is 21.7 Å². The van der Waals surface area contributed by atoms with Gasteiger partial charge in [-0.15, -0.1) is 0 Å². The first-order valence-corrected chi connectivity index (χ1v) is 18.4. The van der Waals surface area contributed by atoms with Crippen molar-refractivity contribution in [1.82, 2.24) is 30.0 Å². The van der Waals surface area contributed by atoms with Crippen LogP contribution in [0.4, 0.5) is 10.1 Å². The van der Waals surface area contributed by atoms with E-state index in [4.69, 9.17) is 11.6 Å². The zero-order valence-electron chi connectivity index (χ0n) is 27.8. The number of amides is 1. The Morgan fingerprint density at radius 1 is 0.920 bits per heavy atom. The molecule has 3 heterocycles. The number of anilines is 1. The number of hydrogen-bond donors (Lipinski definition) is 2. The second-order valence-corrected chi connectivity index (χ2v) is 15.8. The highest BCUT2D eigenvalue weighted by Gasteiger charge is 2.29. The predicted octanol–water partition coefficient (Wildman–Crippen LogP) is 6.72. The number of pyridine rings is 1. The number of nitrogens with one attached hydrogen (secondary N) is 2. The van der Waals surface area contributed by atoms with E-state index in [0.29, 0.717) is 16.6 Å². The number of halogens is 2. The van der Waals surface area contributed by atoms with Crippen molar-refractivity contribution in [3.63, 3.8) is 0 Å². The summed E-state index contributed by atoms with van der Waals surface area (Å²) in [5.41, 5.74) is 6.46. The quantitative estimate of drug-likeness (QED) is 0.182. The van der Waals surface area contributed by atoms with Crippen molar-refractivity contribution in [2.24, 2.45) is 5.41 Å². The smallest absolute Gasteiger partial charge is 0.283 e. The Morgan fingerprint density at radius 2 is 1.62 bits per heavy atom. The molecule has 1 amide bonds. The molecule has 0 saturated carbocycles. The minimum Gasteiger partial charge on any atom is -0.369 e. The summed E-state index contributed by atoms with van der Waals surface area (Å²) in [6.45, 7) is 8.99. The Bertz CT molecular complexity index is 2190. The first kappa shape index (κ1) is 33.8. The summed E-state index contributed by atoms with van der Waals surface area (Å²) in [5.74, 6) is -1.63. The SMILES string of the molecule is CC1(C)CCC(CN2CCN(c3ccc(S(=O)(=O)NC(=O)c4ccc(F)c(-c5ccc6n[nH]nc6c5)n4)cc3)CC2)=C(c2ccc(Cl)cc2)C1. The van der Waals surface area contributed by atoms with Crippen molar-refractivity contribution in [2.45, 2.75) is 38.0 Å². The number of allylic oxidation sites excluding steroid dienone is 1. The van der Waals surface area contributed by atoms with Crippen molar-refractivity contribution < 1.29 is 17.6 Å². The van der Waals surface area contributed by atoms with E-state index in [0.717, 1.165) is 74.8 Å². The number of nitrogens with zero attached hydrogens (tertiary/aromatic N) is 5. The predicted molar refractivity (Wildman–Crippen MR) is 193 cm³/mol. The molecule has 2 aliphatic rings. The van der Waals surface area contributed by atoms with Crippen molar-refractivity contribution in [3.8, 4) is 11.3 Å². The Balaban J connectivity index is 0.987. The van der Waals surface area contributed by atoms with Gasteiger partial charge in [-0.2, -0.15) is 15.4 Å². The lowest BCUT2D eigenvalue weighted by molar-refractivity contribution is 0.0976. The molecule has 0 bridgehead atoms. The van der Waals surface area contributed by atoms with E-state index in [9.17, 15) is 17.6 Å². The van der Waals surface area contributed by atoms with Gasteiger partial charge in [0.2, 0.25) is 0 Å². The minimum atomic E-state index is -4.22. The number of benzene rings is 3. The highest BCUT2D eigenvalue weighted by atomic mass is 35.5. The maximum Gasteiger partial charge on any atom is 0.283 e. The van der Waals surface area contributed by atoms with Crippen LogP contribution in [-0.2, 0) is 10.0 Å². The van der Waals surface area contributed by atoms with Crippen molar-refractivity contribution in [3.05, 3.63) is 107 Å². The van der Waals surface area contributed by atoms with Gasteiger partial charge in [-0.05, 0) is 96.5 Å². The number of carbonyl (C=O) groups is 1. The summed E-state index contributed by atoms with van der Waals surface area (Å²) >= 11 is 6.18. The van der Waals surface area contributed by atoms with Crippen LogP contribution in [0.3, 0.4) is 0 Å². The first-order valence-electron chi connectivity index (χ1n) is 16.5. The molecule has 0 radical (unpaired) electrons. The number of hydrogen-bond acceptors (Lipinski definition) is 8. The molecule has 5 aromatic rings. The van der Waals surface area contributed by atoms with E-state index in [1.165, 1.54) is 28.8 Å². The third-order valence-electron chi connectivity index (χ3n) is 9.57. The molecule has 1 aliphatic carbocycles. The largest absolute Gasteiger partial charge is 0.369 e. The highest BCUT2D eigenvalue weighted by molar-refractivity contribution is 7.90. The molecular formula is C37H37ClFN7O3S. The van der Waals surface area contributed by atoms with Crippen molar-refractivity contribution >= 4 is 49.8 Å². The Labute approximate surface area is 295 Å². The molecule has 1 saturated heterocycles. The van der Waals surface area contributed by atoms with Gasteiger partial charge < -0.3 is 4.90 Å². The Hall–Kier alpha value is -4.65. The monoisotopic (exact) mass is 713 g/mol. The fourth-order valence-electron chi connectivity index (χ4n) is 6.73. The van der Waals surface area contributed by atoms with Gasteiger partial charge in [-0.3, -0.25) is 9.69 Å². The van der Waals surface area contributed by atoms with Crippen LogP contribution < -0.4 is 9.62 Å². The van der Waals surface area contributed by atoms with Crippen LogP contribution in [0.15, 0.2) is 89.3 Å². The van der Waals surface area contributed by atoms with Gasteiger partial charge in [0.1, 0.15) is 28.2 Å². The van der Waals surface area contributed by atoms with Crippen LogP contribution in [0, 0.1) is 11.2 Å². The van der Waals surface area contributed by atoms with Crippen LogP contribution >= 0.6 is 11.6 Å². The lowest BCUT2D eigenvalue weighted by Crippen LogP contribution is -2.47. The standard InChI is InChI=1S/C37H37ClFN7O3S/c1-37(2)16-15-26(30(22-37)24-3-6-27(38)7-4-24)23-45-17-19-46(20-18-45)28-8-10-29(11-9-28)50(48,49)43-36(47)33-14-12-31(39)35(40-33)25-5-13-32-34(21-25)42-44-41-32/h3-14,21H,15-20,22-23H2,1-2H3,(H,43,47)(H,41,42,44). The summed E-state index contributed by atoms with van der Waals surface area (Å²) in [6, 6.07) is 21.7. The molecule has 0 unspecified atom stereocenters. The first-order chi connectivity index (χ1) is 23.9. The molecule has 2 aromatic heterocycles. The third-order valence-corrected chi connectivity index (χ3v) is 11.2. The number of fused-ring (bicyclic) bond motifs is 1. The molecule has 2 N–H and O–H groups in total. The van der Waals surface area contributed by atoms with Gasteiger partial charge in [0.25, 0.3) is 15.9 Å². The molecular weight excluding hydrogens is 677 g/mol. The van der Waals surface area contributed by atoms with E-state index in [1.54, 1.807) is 30.3 Å². The molecule has 7 rings (SSSR count). The number of H-pyrrole nitrogens is 1. The normalized spacial score (nSPS) is 16.9. The number of piperazine rings is 1. The lowest BCUT2D eigenvalue weighted by atomic mass is 9.72. The lowest BCUT2D eigenvalue weighted by Gasteiger charge is -2.39. The number of carbonyl (C=O) groups excluding carboxylic acids is 1. The van der Waals surface area contributed by atoms with Gasteiger partial charge in [0.05, 0.1) is 4.90 Å². The van der Waals surface area contributed by atoms with Gasteiger partial charge in [-0.25, -0.2) is 22.5 Å². The maximum absolute atomic E-state index is 14.7. The highest BCUT2D eigenvalue weighted by Crippen LogP contribution is 2.43. The summed E-state index contributed by atoms with van der Waals surface area (Å²) in [7, 11) is -4.22. The van der Waals surface area contributed by atoms with Crippen LogP contribution in [0.1, 0.15) is 49.2 Å². The third kappa shape index (κ3) is 7.28. The van der Waals surface area contributed by atoms with Crippen LogP contribution in [0.5, 0.6) is 0 Å². The molecule has 3 aromatic carbocycles. The average molecular weight is 714 g/mol. The van der Waals surface area contributed by atoms with Crippen LogP contribution in [0.25, 0.3) is 27.9 Å². The number of rotatable bonds is 8. The van der Waals surface area contributed by atoms with E-state index in [2.05, 4.69) is 60.9 Å². The number of aromatic amines is 1. The Morgan fingerprint density at radius 3 is 2.36 bits per heavy atom. The second kappa shape index (κ2) is 13.6. The topological polar surface area (TPSA) is 124 Å². The summed E-state index contributed by atoms with van der Waals surface area (Å²) in [5, 5.41) is 11.2. The van der Waals surface area contributed by atoms with Crippen molar-refractivity contribution in [1.29, 1.82) is 0 Å². The van der Waals surface area contributed by atoms with Gasteiger partial charge in [0, 0.05) is 49.0 Å².